The van der Waals surface area contributed by atoms with Crippen LogP contribution in [-0.4, -0.2) is 27.5 Å². The van der Waals surface area contributed by atoms with E-state index in [-0.39, 0.29) is 18.7 Å². The molecule has 0 unspecified atom stereocenters. The van der Waals surface area contributed by atoms with Crippen molar-refractivity contribution in [2.45, 2.75) is 13.3 Å². The van der Waals surface area contributed by atoms with E-state index in [9.17, 15) is 14.9 Å². The third-order valence-electron chi connectivity index (χ3n) is 1.92. The van der Waals surface area contributed by atoms with Gasteiger partial charge < -0.3 is 10.4 Å². The summed E-state index contributed by atoms with van der Waals surface area (Å²) in [6, 6.07) is 1.29. The average molecular weight is 225 g/mol. The van der Waals surface area contributed by atoms with Gasteiger partial charge in [-0.05, 0) is 6.92 Å². The summed E-state index contributed by atoms with van der Waals surface area (Å²) in [5.74, 6) is -0.632. The van der Waals surface area contributed by atoms with Gasteiger partial charge in [-0.3, -0.25) is 14.9 Å². The zero-order chi connectivity index (χ0) is 12.1. The Kier molecular flexibility index (Phi) is 3.76. The third-order valence-corrected chi connectivity index (χ3v) is 1.92. The van der Waals surface area contributed by atoms with Crippen molar-refractivity contribution in [1.29, 1.82) is 0 Å². The number of nitrogens with one attached hydrogen (secondary N) is 1. The number of hydrogen-bond acceptors (Lipinski definition) is 5. The van der Waals surface area contributed by atoms with Crippen LogP contribution in [-0.2, 0) is 4.79 Å². The number of aliphatic carboxylic acids is 1. The van der Waals surface area contributed by atoms with Crippen molar-refractivity contribution in [3.63, 3.8) is 0 Å². The highest BCUT2D eigenvalue weighted by atomic mass is 16.6. The molecule has 0 aliphatic rings. The minimum absolute atomic E-state index is 0.0344. The quantitative estimate of drug-likeness (QED) is 0.575. The number of carbonyl (C=O) groups is 1. The van der Waals surface area contributed by atoms with Crippen molar-refractivity contribution in [3.8, 4) is 0 Å². The monoisotopic (exact) mass is 225 g/mol. The number of aromatic nitrogens is 1. The van der Waals surface area contributed by atoms with Gasteiger partial charge in [0.25, 0.3) is 5.69 Å². The maximum atomic E-state index is 10.6. The third kappa shape index (κ3) is 3.19. The van der Waals surface area contributed by atoms with Gasteiger partial charge in [-0.1, -0.05) is 0 Å². The fourth-order valence-electron chi connectivity index (χ4n) is 1.10. The molecule has 2 N–H and O–H groups in total. The smallest absolute Gasteiger partial charge is 0.305 e. The number of aryl methyl sites for hydroxylation is 1. The van der Waals surface area contributed by atoms with Gasteiger partial charge >= 0.3 is 5.97 Å². The van der Waals surface area contributed by atoms with Crippen molar-refractivity contribution < 1.29 is 14.8 Å². The van der Waals surface area contributed by atoms with E-state index in [2.05, 4.69) is 10.3 Å². The molecule has 86 valence electrons. The molecular weight excluding hydrogens is 214 g/mol. The second-order valence-electron chi connectivity index (χ2n) is 3.18. The second kappa shape index (κ2) is 5.06. The predicted molar refractivity (Wildman–Crippen MR) is 56.4 cm³/mol. The van der Waals surface area contributed by atoms with Crippen molar-refractivity contribution in [2.75, 3.05) is 11.9 Å². The molecule has 0 aliphatic carbocycles. The molecule has 0 saturated carbocycles. The number of rotatable bonds is 5. The summed E-state index contributed by atoms with van der Waals surface area (Å²) < 4.78 is 0. The van der Waals surface area contributed by atoms with Gasteiger partial charge in [0.1, 0.15) is 5.82 Å². The Hall–Kier alpha value is -2.18. The first-order chi connectivity index (χ1) is 7.50. The number of carboxylic acids is 1. The summed E-state index contributed by atoms with van der Waals surface area (Å²) in [6.07, 6.45) is 1.31. The van der Waals surface area contributed by atoms with E-state index >= 15 is 0 Å². The maximum Gasteiger partial charge on any atom is 0.305 e. The second-order valence-corrected chi connectivity index (χ2v) is 3.18. The Morgan fingerprint density at radius 2 is 2.38 bits per heavy atom. The zero-order valence-electron chi connectivity index (χ0n) is 8.64. The number of nitrogens with zero attached hydrogens (tertiary/aromatic N) is 2. The van der Waals surface area contributed by atoms with Gasteiger partial charge in [-0.2, -0.15) is 0 Å². The fraction of sp³-hybridized carbons (Fsp3) is 0.333. The van der Waals surface area contributed by atoms with Crippen LogP contribution in [0.3, 0.4) is 0 Å². The molecule has 7 heteroatoms. The summed E-state index contributed by atoms with van der Waals surface area (Å²) in [5, 5.41) is 21.7. The first kappa shape index (κ1) is 11.9. The summed E-state index contributed by atoms with van der Waals surface area (Å²) >= 11 is 0. The molecule has 0 saturated heterocycles. The normalized spacial score (nSPS) is 9.81. The minimum Gasteiger partial charge on any atom is -0.481 e. The Balaban J connectivity index is 2.71. The minimum atomic E-state index is -0.936. The zero-order valence-corrected chi connectivity index (χ0v) is 8.64. The van der Waals surface area contributed by atoms with Crippen molar-refractivity contribution >= 4 is 17.5 Å². The van der Waals surface area contributed by atoms with Crippen LogP contribution in [0.4, 0.5) is 11.5 Å². The lowest BCUT2D eigenvalue weighted by Gasteiger charge is -2.04. The predicted octanol–water partition coefficient (Wildman–Crippen LogP) is 1.18. The van der Waals surface area contributed by atoms with E-state index in [0.29, 0.717) is 11.4 Å². The number of anilines is 1. The summed E-state index contributed by atoms with van der Waals surface area (Å²) in [4.78, 5) is 24.3. The number of pyridine rings is 1. The molecule has 7 nitrogen and oxygen atoms in total. The standard InChI is InChI=1S/C9H11N3O4/c1-6-5-11-8(4-7(6)12(15)16)10-3-2-9(13)14/h4-5H,2-3H2,1H3,(H,10,11)(H,13,14). The molecule has 0 atom stereocenters. The van der Waals surface area contributed by atoms with Crippen LogP contribution in [0.5, 0.6) is 0 Å². The molecule has 1 aromatic rings. The molecular formula is C9H11N3O4. The molecule has 1 rings (SSSR count). The number of hydrogen-bond donors (Lipinski definition) is 2. The molecule has 0 radical (unpaired) electrons. The Labute approximate surface area is 91.3 Å². The SMILES string of the molecule is Cc1cnc(NCCC(=O)O)cc1[N+](=O)[O-]. The number of nitro groups is 1. The first-order valence-electron chi connectivity index (χ1n) is 4.57. The van der Waals surface area contributed by atoms with Gasteiger partial charge in [0.05, 0.1) is 17.4 Å². The summed E-state index contributed by atoms with van der Waals surface area (Å²) in [5.41, 5.74) is 0.432. The average Bonchev–Trinajstić information content (AvgIpc) is 2.19. The van der Waals surface area contributed by atoms with E-state index in [4.69, 9.17) is 5.11 Å². The van der Waals surface area contributed by atoms with Crippen molar-refractivity contribution in [3.05, 3.63) is 27.9 Å². The lowest BCUT2D eigenvalue weighted by atomic mass is 10.2. The molecule has 0 fully saturated rings. The topological polar surface area (TPSA) is 105 Å². The molecule has 0 spiro atoms. The molecule has 1 heterocycles. The van der Waals surface area contributed by atoms with E-state index in [1.807, 2.05) is 0 Å². The van der Waals surface area contributed by atoms with Crippen LogP contribution in [0.1, 0.15) is 12.0 Å². The van der Waals surface area contributed by atoms with E-state index in [0.717, 1.165) is 0 Å². The summed E-state index contributed by atoms with van der Waals surface area (Å²) in [6.45, 7) is 1.77. The van der Waals surface area contributed by atoms with Gasteiger partial charge in [0.2, 0.25) is 0 Å². The Bertz CT molecular complexity index is 419. The Morgan fingerprint density at radius 1 is 1.69 bits per heavy atom. The van der Waals surface area contributed by atoms with Gasteiger partial charge in [-0.15, -0.1) is 0 Å². The van der Waals surface area contributed by atoms with Crippen molar-refractivity contribution in [1.82, 2.24) is 4.98 Å². The van der Waals surface area contributed by atoms with E-state index in [1.165, 1.54) is 12.3 Å². The van der Waals surface area contributed by atoms with Gasteiger partial charge in [0.15, 0.2) is 0 Å². The van der Waals surface area contributed by atoms with Crippen LogP contribution in [0.2, 0.25) is 0 Å². The largest absolute Gasteiger partial charge is 0.481 e. The number of carboxylic acid groups (broad SMARTS) is 1. The van der Waals surface area contributed by atoms with Crippen LogP contribution >= 0.6 is 0 Å². The molecule has 0 aliphatic heterocycles. The van der Waals surface area contributed by atoms with E-state index < -0.39 is 10.9 Å². The highest BCUT2D eigenvalue weighted by Gasteiger charge is 2.11. The molecule has 1 aromatic heterocycles. The molecule has 16 heavy (non-hydrogen) atoms. The lowest BCUT2D eigenvalue weighted by Crippen LogP contribution is -2.09. The fourth-order valence-corrected chi connectivity index (χ4v) is 1.10. The Morgan fingerprint density at radius 3 is 2.94 bits per heavy atom. The van der Waals surface area contributed by atoms with Crippen LogP contribution in [0, 0.1) is 17.0 Å². The first-order valence-corrected chi connectivity index (χ1v) is 4.57. The molecule has 0 amide bonds. The summed E-state index contributed by atoms with van der Waals surface area (Å²) in [7, 11) is 0. The van der Waals surface area contributed by atoms with E-state index in [1.54, 1.807) is 6.92 Å². The molecule has 0 bridgehead atoms. The highest BCUT2D eigenvalue weighted by molar-refractivity contribution is 5.67. The van der Waals surface area contributed by atoms with Gasteiger partial charge in [-0.25, -0.2) is 4.98 Å². The highest BCUT2D eigenvalue weighted by Crippen LogP contribution is 2.19. The molecule has 0 aromatic carbocycles. The lowest BCUT2D eigenvalue weighted by molar-refractivity contribution is -0.385. The van der Waals surface area contributed by atoms with Crippen LogP contribution in [0.25, 0.3) is 0 Å². The van der Waals surface area contributed by atoms with Gasteiger partial charge in [0, 0.05) is 18.3 Å². The van der Waals surface area contributed by atoms with Crippen LogP contribution in [0.15, 0.2) is 12.3 Å². The van der Waals surface area contributed by atoms with Crippen LogP contribution < -0.4 is 5.32 Å². The van der Waals surface area contributed by atoms with Crippen molar-refractivity contribution in [2.24, 2.45) is 0 Å². The maximum absolute atomic E-state index is 10.6.